The summed E-state index contributed by atoms with van der Waals surface area (Å²) in [6.07, 6.45) is 1.63. The Morgan fingerprint density at radius 3 is 2.21 bits per heavy atom. The van der Waals surface area contributed by atoms with Crippen molar-refractivity contribution in [2.75, 3.05) is 0 Å². The van der Waals surface area contributed by atoms with E-state index in [2.05, 4.69) is 0 Å². The second-order valence-corrected chi connectivity index (χ2v) is 3.96. The molecule has 0 heterocycles. The van der Waals surface area contributed by atoms with Crippen molar-refractivity contribution in [3.63, 3.8) is 0 Å². The number of nitriles is 1. The molecule has 0 amide bonds. The van der Waals surface area contributed by atoms with Crippen LogP contribution in [0, 0.1) is 11.3 Å². The molecule has 0 aliphatic carbocycles. The van der Waals surface area contributed by atoms with E-state index in [1.54, 1.807) is 24.3 Å². The van der Waals surface area contributed by atoms with Crippen molar-refractivity contribution in [2.45, 2.75) is 0 Å². The first-order valence-electron chi connectivity index (χ1n) is 5.53. The minimum absolute atomic E-state index is 0.151. The largest absolute Gasteiger partial charge is 0.508 e. The molecule has 0 spiro atoms. The van der Waals surface area contributed by atoms with Crippen molar-refractivity contribution in [3.05, 3.63) is 53.6 Å². The summed E-state index contributed by atoms with van der Waals surface area (Å²) in [6, 6.07) is 12.6. The van der Waals surface area contributed by atoms with Gasteiger partial charge in [-0.15, -0.1) is 0 Å². The van der Waals surface area contributed by atoms with Gasteiger partial charge in [-0.05, 0) is 47.5 Å². The van der Waals surface area contributed by atoms with Crippen molar-refractivity contribution in [1.82, 2.24) is 0 Å². The number of benzene rings is 2. The molecular formula is C15H11NO3. The van der Waals surface area contributed by atoms with Gasteiger partial charge < -0.3 is 15.3 Å². The summed E-state index contributed by atoms with van der Waals surface area (Å²) in [4.78, 5) is 0. The zero-order valence-electron chi connectivity index (χ0n) is 9.91. The van der Waals surface area contributed by atoms with Crippen molar-refractivity contribution in [1.29, 1.82) is 5.26 Å². The van der Waals surface area contributed by atoms with Crippen LogP contribution in [0.4, 0.5) is 0 Å². The molecule has 0 saturated carbocycles. The lowest BCUT2D eigenvalue weighted by atomic mass is 10.0. The summed E-state index contributed by atoms with van der Waals surface area (Å²) in [6.45, 7) is 0. The number of phenolic OH excluding ortho intramolecular Hbond substituents is 3. The minimum Gasteiger partial charge on any atom is -0.508 e. The Hall–Kier alpha value is -2.93. The van der Waals surface area contributed by atoms with Crippen LogP contribution in [-0.2, 0) is 0 Å². The summed E-state index contributed by atoms with van der Waals surface area (Å²) in [5, 5.41) is 37.0. The maximum atomic E-state index is 9.43. The van der Waals surface area contributed by atoms with Crippen LogP contribution >= 0.6 is 0 Å². The topological polar surface area (TPSA) is 84.5 Å². The van der Waals surface area contributed by atoms with Crippen LogP contribution < -0.4 is 0 Å². The van der Waals surface area contributed by atoms with Gasteiger partial charge in [-0.25, -0.2) is 0 Å². The number of phenols is 3. The molecular weight excluding hydrogens is 242 g/mol. The highest BCUT2D eigenvalue weighted by Crippen LogP contribution is 2.29. The molecule has 0 atom stereocenters. The van der Waals surface area contributed by atoms with Crippen molar-refractivity contribution in [3.8, 4) is 23.3 Å². The van der Waals surface area contributed by atoms with Gasteiger partial charge in [0.25, 0.3) is 0 Å². The third kappa shape index (κ3) is 2.85. The second kappa shape index (κ2) is 5.15. The fraction of sp³-hybridized carbons (Fsp3) is 0. The minimum atomic E-state index is -0.274. The van der Waals surface area contributed by atoms with Gasteiger partial charge in [-0.3, -0.25) is 0 Å². The van der Waals surface area contributed by atoms with Crippen LogP contribution in [0.1, 0.15) is 11.1 Å². The molecule has 0 fully saturated rings. The fourth-order valence-electron chi connectivity index (χ4n) is 1.61. The Kier molecular flexibility index (Phi) is 3.39. The zero-order chi connectivity index (χ0) is 13.8. The average molecular weight is 253 g/mol. The lowest BCUT2D eigenvalue weighted by Crippen LogP contribution is -1.82. The molecule has 2 rings (SSSR count). The molecule has 0 aromatic heterocycles. The molecule has 4 nitrogen and oxygen atoms in total. The summed E-state index contributed by atoms with van der Waals surface area (Å²) < 4.78 is 0. The maximum Gasteiger partial charge on any atom is 0.158 e. The standard InChI is InChI=1S/C15H11NO3/c16-9-12(7-10-1-4-13(17)5-2-10)11-3-6-14(18)15(19)8-11/h1-8,17-19H/b12-7+. The van der Waals surface area contributed by atoms with Crippen LogP contribution in [0.2, 0.25) is 0 Å². The van der Waals surface area contributed by atoms with Gasteiger partial charge in [-0.1, -0.05) is 12.1 Å². The first-order valence-corrected chi connectivity index (χ1v) is 5.53. The number of hydrogen-bond acceptors (Lipinski definition) is 4. The van der Waals surface area contributed by atoms with Crippen molar-refractivity contribution < 1.29 is 15.3 Å². The molecule has 3 N–H and O–H groups in total. The predicted molar refractivity (Wildman–Crippen MR) is 71.4 cm³/mol. The molecule has 0 bridgehead atoms. The smallest absolute Gasteiger partial charge is 0.158 e. The van der Waals surface area contributed by atoms with Gasteiger partial charge in [0.1, 0.15) is 5.75 Å². The Morgan fingerprint density at radius 1 is 0.947 bits per heavy atom. The van der Waals surface area contributed by atoms with Gasteiger partial charge in [0.2, 0.25) is 0 Å². The van der Waals surface area contributed by atoms with Gasteiger partial charge in [0.05, 0.1) is 11.6 Å². The first-order chi connectivity index (χ1) is 9.10. The normalized spacial score (nSPS) is 11.0. The highest BCUT2D eigenvalue weighted by molar-refractivity contribution is 5.90. The van der Waals surface area contributed by atoms with Gasteiger partial charge in [0.15, 0.2) is 11.5 Å². The number of hydrogen-bond donors (Lipinski definition) is 3. The van der Waals surface area contributed by atoms with E-state index in [-0.39, 0.29) is 17.2 Å². The van der Waals surface area contributed by atoms with Crippen LogP contribution in [-0.4, -0.2) is 15.3 Å². The van der Waals surface area contributed by atoms with E-state index in [9.17, 15) is 15.3 Å². The van der Waals surface area contributed by atoms with E-state index < -0.39 is 0 Å². The summed E-state index contributed by atoms with van der Waals surface area (Å²) in [5.74, 6) is -0.354. The molecule has 0 saturated heterocycles. The maximum absolute atomic E-state index is 9.43. The van der Waals surface area contributed by atoms with E-state index in [1.165, 1.54) is 24.3 Å². The number of rotatable bonds is 2. The summed E-state index contributed by atoms with van der Waals surface area (Å²) in [5.41, 5.74) is 1.61. The molecule has 19 heavy (non-hydrogen) atoms. The summed E-state index contributed by atoms with van der Waals surface area (Å²) in [7, 11) is 0. The highest BCUT2D eigenvalue weighted by atomic mass is 16.3. The van der Waals surface area contributed by atoms with Gasteiger partial charge >= 0.3 is 0 Å². The molecule has 0 unspecified atom stereocenters. The van der Waals surface area contributed by atoms with Crippen molar-refractivity contribution in [2.24, 2.45) is 0 Å². The summed E-state index contributed by atoms with van der Waals surface area (Å²) >= 11 is 0. The Morgan fingerprint density at radius 2 is 1.63 bits per heavy atom. The van der Waals surface area contributed by atoms with E-state index in [0.717, 1.165) is 5.56 Å². The number of nitrogens with zero attached hydrogens (tertiary/aromatic N) is 1. The van der Waals surface area contributed by atoms with Crippen LogP contribution in [0.5, 0.6) is 17.2 Å². The molecule has 2 aromatic rings. The van der Waals surface area contributed by atoms with E-state index in [4.69, 9.17) is 5.26 Å². The Labute approximate surface area is 110 Å². The molecule has 94 valence electrons. The van der Waals surface area contributed by atoms with E-state index >= 15 is 0 Å². The Balaban J connectivity index is 2.42. The predicted octanol–water partition coefficient (Wildman–Crippen LogP) is 2.87. The average Bonchev–Trinajstić information content (AvgIpc) is 2.41. The SMILES string of the molecule is N#C/C(=C\c1ccc(O)cc1)c1ccc(O)c(O)c1. The van der Waals surface area contributed by atoms with Crippen LogP contribution in [0.15, 0.2) is 42.5 Å². The monoisotopic (exact) mass is 253 g/mol. The van der Waals surface area contributed by atoms with E-state index in [0.29, 0.717) is 11.1 Å². The fourth-order valence-corrected chi connectivity index (χ4v) is 1.61. The zero-order valence-corrected chi connectivity index (χ0v) is 9.91. The Bertz CT molecular complexity index is 667. The number of allylic oxidation sites excluding steroid dienone is 1. The van der Waals surface area contributed by atoms with Gasteiger partial charge in [0, 0.05) is 0 Å². The lowest BCUT2D eigenvalue weighted by molar-refractivity contribution is 0.403. The molecule has 0 aliphatic heterocycles. The lowest BCUT2D eigenvalue weighted by Gasteiger charge is -2.02. The molecule has 2 aromatic carbocycles. The first kappa shape index (κ1) is 12.5. The van der Waals surface area contributed by atoms with Crippen LogP contribution in [0.25, 0.3) is 11.6 Å². The quantitative estimate of drug-likeness (QED) is 0.436. The highest BCUT2D eigenvalue weighted by Gasteiger charge is 2.05. The molecule has 0 radical (unpaired) electrons. The molecule has 0 aliphatic rings. The third-order valence-electron chi connectivity index (χ3n) is 2.61. The van der Waals surface area contributed by atoms with E-state index in [1.807, 2.05) is 6.07 Å². The third-order valence-corrected chi connectivity index (χ3v) is 2.61. The number of aromatic hydroxyl groups is 3. The molecule has 4 heteroatoms. The second-order valence-electron chi connectivity index (χ2n) is 3.96. The van der Waals surface area contributed by atoms with Crippen molar-refractivity contribution >= 4 is 11.6 Å². The van der Waals surface area contributed by atoms with Crippen LogP contribution in [0.3, 0.4) is 0 Å². The van der Waals surface area contributed by atoms with Gasteiger partial charge in [-0.2, -0.15) is 5.26 Å².